The van der Waals surface area contributed by atoms with Crippen LogP contribution >= 0.6 is 34.7 Å². The molecule has 4 rings (SSSR count). The number of fused-ring (bicyclic) bond motifs is 3. The van der Waals surface area contributed by atoms with E-state index in [4.69, 9.17) is 27.1 Å². The van der Waals surface area contributed by atoms with Gasteiger partial charge in [0.2, 0.25) is 0 Å². The van der Waals surface area contributed by atoms with E-state index in [1.165, 1.54) is 16.0 Å². The summed E-state index contributed by atoms with van der Waals surface area (Å²) in [5.74, 6) is 1.36. The van der Waals surface area contributed by atoms with Crippen molar-refractivity contribution in [2.45, 2.75) is 49.8 Å². The molecule has 0 aliphatic carbocycles. The van der Waals surface area contributed by atoms with Gasteiger partial charge in [0.25, 0.3) is 0 Å². The van der Waals surface area contributed by atoms with Gasteiger partial charge in [0, 0.05) is 22.1 Å². The number of hydrogen-bond donors (Lipinski definition) is 1. The molecular weight excluding hydrogens is 386 g/mol. The maximum absolute atomic E-state index is 6.33. The van der Waals surface area contributed by atoms with Crippen molar-refractivity contribution in [2.75, 3.05) is 5.73 Å². The highest BCUT2D eigenvalue weighted by Gasteiger charge is 2.32. The number of ether oxygens (including phenoxy) is 1. The third kappa shape index (κ3) is 3.43. The molecule has 0 amide bonds. The van der Waals surface area contributed by atoms with Gasteiger partial charge in [-0.3, -0.25) is 0 Å². The lowest BCUT2D eigenvalue weighted by Crippen LogP contribution is -2.33. The Morgan fingerprint density at radius 3 is 2.81 bits per heavy atom. The van der Waals surface area contributed by atoms with Crippen molar-refractivity contribution in [2.24, 2.45) is 0 Å². The molecule has 0 spiro atoms. The molecule has 4 nitrogen and oxygen atoms in total. The van der Waals surface area contributed by atoms with Crippen LogP contribution in [0.5, 0.6) is 0 Å². The third-order valence-corrected chi connectivity index (χ3v) is 7.14. The number of nitrogen functional groups attached to an aromatic ring is 1. The van der Waals surface area contributed by atoms with Crippen LogP contribution in [0.2, 0.25) is 5.02 Å². The van der Waals surface area contributed by atoms with Crippen LogP contribution in [0, 0.1) is 0 Å². The fourth-order valence-corrected chi connectivity index (χ4v) is 5.20. The number of aromatic nitrogens is 2. The molecule has 26 heavy (non-hydrogen) atoms. The average molecular weight is 406 g/mol. The number of nitrogens with zero attached hydrogens (tertiary/aromatic N) is 2. The predicted molar refractivity (Wildman–Crippen MR) is 110 cm³/mol. The van der Waals surface area contributed by atoms with Crippen molar-refractivity contribution >= 4 is 50.7 Å². The van der Waals surface area contributed by atoms with Gasteiger partial charge in [-0.1, -0.05) is 42.4 Å². The molecule has 0 saturated carbocycles. The molecule has 1 aromatic carbocycles. The first kappa shape index (κ1) is 18.0. The minimum Gasteiger partial charge on any atom is -0.383 e. The first-order chi connectivity index (χ1) is 12.5. The highest BCUT2D eigenvalue weighted by molar-refractivity contribution is 7.98. The number of anilines is 1. The summed E-state index contributed by atoms with van der Waals surface area (Å²) in [6.45, 7) is 4.95. The van der Waals surface area contributed by atoms with E-state index in [0.29, 0.717) is 17.6 Å². The summed E-state index contributed by atoms with van der Waals surface area (Å²) in [7, 11) is 0. The third-order valence-electron chi connectivity index (χ3n) is 4.87. The lowest BCUT2D eigenvalue weighted by Gasteiger charge is -2.33. The fourth-order valence-electron chi connectivity index (χ4n) is 3.10. The van der Waals surface area contributed by atoms with E-state index < -0.39 is 0 Å². The Balaban J connectivity index is 1.62. The van der Waals surface area contributed by atoms with Crippen LogP contribution < -0.4 is 5.73 Å². The first-order valence-electron chi connectivity index (χ1n) is 8.56. The largest absolute Gasteiger partial charge is 0.383 e. The molecule has 1 aliphatic rings. The van der Waals surface area contributed by atoms with Crippen molar-refractivity contribution in [1.82, 2.24) is 9.97 Å². The summed E-state index contributed by atoms with van der Waals surface area (Å²) in [5.41, 5.74) is 8.65. The molecule has 0 unspecified atom stereocenters. The van der Waals surface area contributed by atoms with Gasteiger partial charge in [-0.15, -0.1) is 11.3 Å². The van der Waals surface area contributed by atoms with Crippen LogP contribution in [0.4, 0.5) is 5.82 Å². The van der Waals surface area contributed by atoms with Crippen LogP contribution in [0.1, 0.15) is 36.3 Å². The van der Waals surface area contributed by atoms with Crippen LogP contribution in [0.15, 0.2) is 29.4 Å². The van der Waals surface area contributed by atoms with Gasteiger partial charge in [0.05, 0.1) is 17.6 Å². The lowest BCUT2D eigenvalue weighted by molar-refractivity contribution is -0.0542. The minimum absolute atomic E-state index is 0.130. The van der Waals surface area contributed by atoms with E-state index in [0.717, 1.165) is 33.8 Å². The van der Waals surface area contributed by atoms with Gasteiger partial charge in [-0.05, 0) is 36.6 Å². The standard InChI is InChI=1S/C19H20ClN3OS2/c1-3-19(2)8-13-14(9-24-19)26-17-15(13)16(21)22-18(23-17)25-10-11-4-6-12(20)7-5-11/h4-7H,3,8-10H2,1-2H3,(H2,21,22,23)/t19-/m1/s1. The molecule has 0 bridgehead atoms. The molecule has 2 aromatic heterocycles. The Bertz CT molecular complexity index is 958. The van der Waals surface area contributed by atoms with E-state index in [9.17, 15) is 0 Å². The average Bonchev–Trinajstić information content (AvgIpc) is 2.99. The zero-order chi connectivity index (χ0) is 18.3. The van der Waals surface area contributed by atoms with Crippen molar-refractivity contribution in [3.05, 3.63) is 45.3 Å². The molecule has 0 radical (unpaired) electrons. The second kappa shape index (κ2) is 7.00. The molecule has 3 heterocycles. The Kier molecular flexibility index (Phi) is 4.86. The van der Waals surface area contributed by atoms with E-state index in [1.807, 2.05) is 24.3 Å². The number of hydrogen-bond acceptors (Lipinski definition) is 6. The van der Waals surface area contributed by atoms with Crippen molar-refractivity contribution in [1.29, 1.82) is 0 Å². The molecule has 2 N–H and O–H groups in total. The predicted octanol–water partition coefficient (Wildman–Crippen LogP) is 5.46. The van der Waals surface area contributed by atoms with E-state index in [-0.39, 0.29) is 5.60 Å². The number of thioether (sulfide) groups is 1. The molecule has 1 atom stereocenters. The van der Waals surface area contributed by atoms with Gasteiger partial charge in [0.1, 0.15) is 10.6 Å². The Morgan fingerprint density at radius 1 is 1.31 bits per heavy atom. The van der Waals surface area contributed by atoms with Gasteiger partial charge in [0.15, 0.2) is 5.16 Å². The van der Waals surface area contributed by atoms with Gasteiger partial charge in [-0.2, -0.15) is 0 Å². The second-order valence-corrected chi connectivity index (χ2v) is 9.22. The normalized spacial score (nSPS) is 19.7. The SMILES string of the molecule is CC[C@]1(C)Cc2c(sc3nc(SCc4ccc(Cl)cc4)nc(N)c23)CO1. The number of thiophene rings is 1. The monoisotopic (exact) mass is 405 g/mol. The minimum atomic E-state index is -0.130. The number of halogens is 1. The van der Waals surface area contributed by atoms with E-state index in [1.54, 1.807) is 23.1 Å². The van der Waals surface area contributed by atoms with Crippen LogP contribution in [0.3, 0.4) is 0 Å². The van der Waals surface area contributed by atoms with E-state index in [2.05, 4.69) is 18.8 Å². The van der Waals surface area contributed by atoms with Crippen molar-refractivity contribution in [3.63, 3.8) is 0 Å². The van der Waals surface area contributed by atoms with Crippen LogP contribution in [-0.2, 0) is 23.5 Å². The zero-order valence-corrected chi connectivity index (χ0v) is 17.1. The smallest absolute Gasteiger partial charge is 0.191 e. The quantitative estimate of drug-likeness (QED) is 0.461. The molecule has 0 fully saturated rings. The Labute approximate surface area is 166 Å². The van der Waals surface area contributed by atoms with Crippen LogP contribution in [-0.4, -0.2) is 15.6 Å². The summed E-state index contributed by atoms with van der Waals surface area (Å²) < 4.78 is 6.06. The first-order valence-corrected chi connectivity index (χ1v) is 10.7. The second-order valence-electron chi connectivity index (χ2n) is 6.76. The Morgan fingerprint density at radius 2 is 2.08 bits per heavy atom. The summed E-state index contributed by atoms with van der Waals surface area (Å²) in [6, 6.07) is 7.83. The van der Waals surface area contributed by atoms with Gasteiger partial charge in [-0.25, -0.2) is 9.97 Å². The highest BCUT2D eigenvalue weighted by Crippen LogP contribution is 2.41. The number of rotatable bonds is 4. The summed E-state index contributed by atoms with van der Waals surface area (Å²) in [4.78, 5) is 11.5. The summed E-state index contributed by atoms with van der Waals surface area (Å²) >= 11 is 9.20. The topological polar surface area (TPSA) is 61.0 Å². The molecule has 0 saturated heterocycles. The Hall–Kier alpha value is -1.34. The van der Waals surface area contributed by atoms with Crippen molar-refractivity contribution in [3.8, 4) is 0 Å². The summed E-state index contributed by atoms with van der Waals surface area (Å²) in [5, 5.41) is 2.47. The lowest BCUT2D eigenvalue weighted by atomic mass is 9.90. The van der Waals surface area contributed by atoms with Crippen molar-refractivity contribution < 1.29 is 4.74 Å². The van der Waals surface area contributed by atoms with Gasteiger partial charge < -0.3 is 10.5 Å². The van der Waals surface area contributed by atoms with Gasteiger partial charge >= 0.3 is 0 Å². The number of nitrogens with two attached hydrogens (primary N) is 1. The fraction of sp³-hybridized carbons (Fsp3) is 0.368. The van der Waals surface area contributed by atoms with E-state index >= 15 is 0 Å². The molecule has 1 aliphatic heterocycles. The summed E-state index contributed by atoms with van der Waals surface area (Å²) in [6.07, 6.45) is 1.84. The molecule has 7 heteroatoms. The maximum Gasteiger partial charge on any atom is 0.191 e. The zero-order valence-electron chi connectivity index (χ0n) is 14.7. The maximum atomic E-state index is 6.33. The van der Waals surface area contributed by atoms with Crippen LogP contribution in [0.25, 0.3) is 10.2 Å². The highest BCUT2D eigenvalue weighted by atomic mass is 35.5. The molecule has 136 valence electrons. The molecular formula is C19H20ClN3OS2. The number of benzene rings is 1. The molecule has 3 aromatic rings.